The molecule has 0 bridgehead atoms. The zero-order chi connectivity index (χ0) is 19.7. The average Bonchev–Trinajstić information content (AvgIpc) is 3.24. The number of thiophene rings is 1. The molecule has 1 N–H and O–H groups in total. The molecule has 0 radical (unpaired) electrons. The number of piperazine rings is 1. The smallest absolute Gasteiger partial charge is 0.341 e. The van der Waals surface area contributed by atoms with Gasteiger partial charge in [-0.05, 0) is 57.1 Å². The van der Waals surface area contributed by atoms with Crippen molar-refractivity contribution in [1.29, 1.82) is 0 Å². The highest BCUT2D eigenvalue weighted by Crippen LogP contribution is 2.40. The van der Waals surface area contributed by atoms with Gasteiger partial charge in [-0.15, -0.1) is 11.3 Å². The highest BCUT2D eigenvalue weighted by Gasteiger charge is 2.32. The molecule has 2 atom stereocenters. The van der Waals surface area contributed by atoms with Gasteiger partial charge in [-0.1, -0.05) is 6.92 Å². The number of hydrogen-bond acceptors (Lipinski definition) is 6. The van der Waals surface area contributed by atoms with Gasteiger partial charge >= 0.3 is 5.97 Å². The maximum atomic E-state index is 12.8. The normalized spacial score (nSPS) is 25.2. The summed E-state index contributed by atoms with van der Waals surface area (Å²) in [5.41, 5.74) is 1.69. The Morgan fingerprint density at radius 3 is 2.93 bits per heavy atom. The molecule has 4 rings (SSSR count). The summed E-state index contributed by atoms with van der Waals surface area (Å²) in [6.45, 7) is 8.96. The molecule has 3 heterocycles. The molecule has 2 aliphatic heterocycles. The lowest BCUT2D eigenvalue weighted by Crippen LogP contribution is -2.51. The van der Waals surface area contributed by atoms with Crippen LogP contribution in [0.5, 0.6) is 0 Å². The van der Waals surface area contributed by atoms with E-state index >= 15 is 0 Å². The molecule has 154 valence electrons. The topological polar surface area (TPSA) is 61.9 Å². The van der Waals surface area contributed by atoms with Crippen molar-refractivity contribution in [2.24, 2.45) is 5.92 Å². The van der Waals surface area contributed by atoms with Crippen LogP contribution < -0.4 is 5.32 Å². The van der Waals surface area contributed by atoms with E-state index in [1.807, 2.05) is 6.92 Å². The fraction of sp³-hybridized carbons (Fsp3) is 0.714. The van der Waals surface area contributed by atoms with Crippen molar-refractivity contribution >= 4 is 28.2 Å². The first-order valence-electron chi connectivity index (χ1n) is 10.6. The number of amides is 1. The molecular formula is C21H31N3O3S. The van der Waals surface area contributed by atoms with Gasteiger partial charge in [-0.3, -0.25) is 14.6 Å². The van der Waals surface area contributed by atoms with E-state index in [4.69, 9.17) is 4.74 Å². The van der Waals surface area contributed by atoms with Crippen LogP contribution >= 0.6 is 11.3 Å². The average molecular weight is 406 g/mol. The minimum Gasteiger partial charge on any atom is -0.462 e. The Labute approximate surface area is 171 Å². The van der Waals surface area contributed by atoms with E-state index in [9.17, 15) is 9.59 Å². The summed E-state index contributed by atoms with van der Waals surface area (Å²) in [5, 5.41) is 3.73. The van der Waals surface area contributed by atoms with Gasteiger partial charge < -0.3 is 10.1 Å². The van der Waals surface area contributed by atoms with Crippen LogP contribution in [0.15, 0.2) is 0 Å². The molecule has 0 spiro atoms. The van der Waals surface area contributed by atoms with E-state index in [2.05, 4.69) is 22.0 Å². The molecule has 7 heteroatoms. The summed E-state index contributed by atoms with van der Waals surface area (Å²) in [5.74, 6) is 0.292. The molecule has 1 aliphatic carbocycles. The number of carbonyl (C=O) groups excluding carboxylic acids is 2. The van der Waals surface area contributed by atoms with Gasteiger partial charge in [0.2, 0.25) is 5.91 Å². The molecule has 2 saturated heterocycles. The Bertz CT molecular complexity index is 747. The lowest BCUT2D eigenvalue weighted by atomic mass is 9.88. The molecule has 0 saturated carbocycles. The van der Waals surface area contributed by atoms with E-state index in [0.717, 1.165) is 44.5 Å². The maximum Gasteiger partial charge on any atom is 0.341 e. The molecular weight excluding hydrogens is 374 g/mol. The molecule has 1 aromatic rings. The Kier molecular flexibility index (Phi) is 6.04. The first-order chi connectivity index (χ1) is 13.5. The lowest BCUT2D eigenvalue weighted by Gasteiger charge is -2.37. The second-order valence-electron chi connectivity index (χ2n) is 8.39. The Morgan fingerprint density at radius 1 is 1.25 bits per heavy atom. The zero-order valence-electron chi connectivity index (χ0n) is 17.0. The van der Waals surface area contributed by atoms with E-state index in [-0.39, 0.29) is 11.9 Å². The van der Waals surface area contributed by atoms with Crippen molar-refractivity contribution in [2.45, 2.75) is 52.0 Å². The zero-order valence-corrected chi connectivity index (χ0v) is 17.8. The fourth-order valence-corrected chi connectivity index (χ4v) is 6.24. The summed E-state index contributed by atoms with van der Waals surface area (Å²) >= 11 is 1.57. The van der Waals surface area contributed by atoms with Crippen LogP contribution in [0.25, 0.3) is 0 Å². The van der Waals surface area contributed by atoms with E-state index in [1.54, 1.807) is 11.3 Å². The van der Waals surface area contributed by atoms with Gasteiger partial charge in [0, 0.05) is 30.6 Å². The number of nitrogens with zero attached hydrogens (tertiary/aromatic N) is 2. The minimum absolute atomic E-state index is 0.0244. The fourth-order valence-electron chi connectivity index (χ4n) is 4.83. The van der Waals surface area contributed by atoms with Crippen LogP contribution in [0.1, 0.15) is 53.9 Å². The number of esters is 1. The highest BCUT2D eigenvalue weighted by molar-refractivity contribution is 7.17. The molecule has 6 nitrogen and oxygen atoms in total. The van der Waals surface area contributed by atoms with Crippen LogP contribution in [-0.2, 0) is 22.4 Å². The third-order valence-corrected chi connectivity index (χ3v) is 7.45. The van der Waals surface area contributed by atoms with Gasteiger partial charge in [0.25, 0.3) is 0 Å². The summed E-state index contributed by atoms with van der Waals surface area (Å²) in [6.07, 6.45) is 5.45. The number of hydrogen-bond donors (Lipinski definition) is 1. The van der Waals surface area contributed by atoms with Crippen molar-refractivity contribution in [2.75, 3.05) is 44.6 Å². The number of carbonyl (C=O) groups is 2. The number of rotatable bonds is 5. The van der Waals surface area contributed by atoms with Crippen LogP contribution in [0.4, 0.5) is 5.00 Å². The summed E-state index contributed by atoms with van der Waals surface area (Å²) in [6, 6.07) is 0.604. The number of nitrogens with one attached hydrogen (secondary N) is 1. The molecule has 2 fully saturated rings. The Morgan fingerprint density at radius 2 is 2.11 bits per heavy atom. The van der Waals surface area contributed by atoms with Crippen molar-refractivity contribution < 1.29 is 14.3 Å². The quantitative estimate of drug-likeness (QED) is 0.764. The summed E-state index contributed by atoms with van der Waals surface area (Å²) < 4.78 is 5.30. The molecule has 1 aromatic heterocycles. The third-order valence-electron chi connectivity index (χ3n) is 6.28. The first-order valence-corrected chi connectivity index (χ1v) is 11.4. The maximum absolute atomic E-state index is 12.8. The summed E-state index contributed by atoms with van der Waals surface area (Å²) in [4.78, 5) is 31.4. The second-order valence-corrected chi connectivity index (χ2v) is 9.50. The number of anilines is 1. The molecule has 2 unspecified atom stereocenters. The monoisotopic (exact) mass is 405 g/mol. The predicted molar refractivity (Wildman–Crippen MR) is 111 cm³/mol. The van der Waals surface area contributed by atoms with Crippen LogP contribution in [-0.4, -0.2) is 67.0 Å². The number of fused-ring (bicyclic) bond motifs is 2. The Hall–Kier alpha value is -1.44. The SMILES string of the molecule is CCOC(=O)c1c(NC(=O)CN2CCN3CCCC3C2)sc2c1CCC(C)C2. The largest absolute Gasteiger partial charge is 0.462 e. The van der Waals surface area contributed by atoms with E-state index in [1.165, 1.54) is 24.3 Å². The van der Waals surface area contributed by atoms with Gasteiger partial charge in [0.15, 0.2) is 0 Å². The predicted octanol–water partition coefficient (Wildman–Crippen LogP) is 2.77. The number of ether oxygens (including phenoxy) is 1. The lowest BCUT2D eigenvalue weighted by molar-refractivity contribution is -0.117. The van der Waals surface area contributed by atoms with Gasteiger partial charge in [0.05, 0.1) is 18.7 Å². The van der Waals surface area contributed by atoms with E-state index in [0.29, 0.717) is 35.7 Å². The Balaban J connectivity index is 1.46. The van der Waals surface area contributed by atoms with Crippen LogP contribution in [0.3, 0.4) is 0 Å². The minimum atomic E-state index is -0.301. The van der Waals surface area contributed by atoms with Crippen LogP contribution in [0, 0.1) is 5.92 Å². The first kappa shape index (κ1) is 19.9. The molecule has 28 heavy (non-hydrogen) atoms. The van der Waals surface area contributed by atoms with Gasteiger partial charge in [-0.2, -0.15) is 0 Å². The van der Waals surface area contributed by atoms with Gasteiger partial charge in [-0.25, -0.2) is 4.79 Å². The standard InChI is InChI=1S/C21H31N3O3S/c1-3-27-21(26)19-16-7-6-14(2)11-17(16)28-20(19)22-18(25)13-23-9-10-24-8-4-5-15(24)12-23/h14-15H,3-13H2,1-2H3,(H,22,25). The van der Waals surface area contributed by atoms with Crippen molar-refractivity contribution in [3.05, 3.63) is 16.0 Å². The third kappa shape index (κ3) is 4.11. The highest BCUT2D eigenvalue weighted by atomic mass is 32.1. The van der Waals surface area contributed by atoms with E-state index < -0.39 is 0 Å². The van der Waals surface area contributed by atoms with Crippen molar-refractivity contribution in [3.8, 4) is 0 Å². The van der Waals surface area contributed by atoms with Gasteiger partial charge in [0.1, 0.15) is 5.00 Å². The summed E-state index contributed by atoms with van der Waals surface area (Å²) in [7, 11) is 0. The molecule has 3 aliphatic rings. The van der Waals surface area contributed by atoms with Crippen molar-refractivity contribution in [3.63, 3.8) is 0 Å². The van der Waals surface area contributed by atoms with Crippen LogP contribution in [0.2, 0.25) is 0 Å². The second kappa shape index (κ2) is 8.51. The van der Waals surface area contributed by atoms with Crippen molar-refractivity contribution in [1.82, 2.24) is 9.80 Å². The molecule has 1 amide bonds. The molecule has 0 aromatic carbocycles.